The van der Waals surface area contributed by atoms with Crippen molar-refractivity contribution in [3.8, 4) is 0 Å². The molecule has 0 spiro atoms. The number of amides is 1. The lowest BCUT2D eigenvalue weighted by Gasteiger charge is -2.21. The van der Waals surface area contributed by atoms with Crippen molar-refractivity contribution in [1.82, 2.24) is 9.88 Å². The second-order valence-electron chi connectivity index (χ2n) is 4.83. The summed E-state index contributed by atoms with van der Waals surface area (Å²) in [6.45, 7) is 1.68. The van der Waals surface area contributed by atoms with Gasteiger partial charge >= 0.3 is 11.6 Å². The maximum atomic E-state index is 12.1. The Bertz CT molecular complexity index is 629. The van der Waals surface area contributed by atoms with Gasteiger partial charge in [-0.05, 0) is 19.4 Å². The molecule has 0 radical (unpaired) electrons. The van der Waals surface area contributed by atoms with Crippen LogP contribution in [0.4, 0.5) is 23.7 Å². The molecule has 1 rings (SSSR count). The van der Waals surface area contributed by atoms with E-state index < -0.39 is 11.6 Å². The Hall–Kier alpha value is -1.78. The normalized spacial score (nSPS) is 12.0. The summed E-state index contributed by atoms with van der Waals surface area (Å²) in [4.78, 5) is 17.2. The van der Waals surface area contributed by atoms with E-state index in [2.05, 4.69) is 4.98 Å². The van der Waals surface area contributed by atoms with Gasteiger partial charge < -0.3 is 4.74 Å². The third-order valence-electron chi connectivity index (χ3n) is 2.95. The highest BCUT2D eigenvalue weighted by Crippen LogP contribution is 2.30. The first-order valence-corrected chi connectivity index (χ1v) is 8.95. The van der Waals surface area contributed by atoms with Crippen molar-refractivity contribution in [1.29, 1.82) is 5.41 Å². The van der Waals surface area contributed by atoms with Crippen LogP contribution in [-0.2, 0) is 4.74 Å². The number of ether oxygens (including phenoxy) is 1. The minimum Gasteiger partial charge on any atom is -0.449 e. The highest BCUT2D eigenvalue weighted by atomic mass is 35.5. The molecule has 0 fully saturated rings. The summed E-state index contributed by atoms with van der Waals surface area (Å²) in [5, 5.41) is 8.91. The number of hydrogen-bond acceptors (Lipinski definition) is 5. The summed E-state index contributed by atoms with van der Waals surface area (Å²) in [6, 6.07) is 3.52. The van der Waals surface area contributed by atoms with E-state index in [1.807, 2.05) is 0 Å². The molecule has 0 aliphatic heterocycles. The number of nitrogens with two attached hydrogens (primary N) is 1. The van der Waals surface area contributed by atoms with Gasteiger partial charge in [-0.15, -0.1) is 0 Å². The Labute approximate surface area is 158 Å². The van der Waals surface area contributed by atoms with Gasteiger partial charge in [0.15, 0.2) is 5.69 Å². The standard InChI is InChI=1S/C15H18ClF3N4O2S/c1-2-23(14(24)25-7-4-8-26-15(17,18)19)12(13(16)20)10-22-11-5-3-6-21-9-11/h3,5-6,9-10,20,22H,2,4,7-8H2,1H3/p+1/b12-10+,20-13?. The molecule has 26 heavy (non-hydrogen) atoms. The number of carbonyl (C=O) groups excluding carboxylic acids is 1. The topological polar surface area (TPSA) is 82.9 Å². The zero-order valence-electron chi connectivity index (χ0n) is 13.9. The number of alkyl halides is 3. The van der Waals surface area contributed by atoms with E-state index in [1.165, 1.54) is 6.20 Å². The quantitative estimate of drug-likeness (QED) is 0.481. The second kappa shape index (κ2) is 11.0. The molecule has 3 N–H and O–H groups in total. The van der Waals surface area contributed by atoms with E-state index in [0.717, 1.165) is 10.6 Å². The Kier molecular flexibility index (Phi) is 9.46. The number of hydrogen-bond donors (Lipinski definition) is 2. The number of allylic oxidation sites excluding steroid dienone is 1. The van der Waals surface area contributed by atoms with Gasteiger partial charge in [0.25, 0.3) is 0 Å². The number of pyridine rings is 1. The van der Waals surface area contributed by atoms with E-state index in [9.17, 15) is 18.0 Å². The number of rotatable bonds is 9. The fourth-order valence-electron chi connectivity index (χ4n) is 1.81. The van der Waals surface area contributed by atoms with E-state index in [-0.39, 0.29) is 48.0 Å². The first kappa shape index (κ1) is 22.3. The molecule has 0 aliphatic carbocycles. The summed E-state index contributed by atoms with van der Waals surface area (Å²) in [5.74, 6) is -0.203. The molecule has 0 saturated heterocycles. The third-order valence-corrected chi connectivity index (χ3v) is 3.96. The third kappa shape index (κ3) is 8.54. The van der Waals surface area contributed by atoms with Gasteiger partial charge in [-0.2, -0.15) is 13.2 Å². The first-order valence-electron chi connectivity index (χ1n) is 7.59. The van der Waals surface area contributed by atoms with Crippen LogP contribution in [0.3, 0.4) is 0 Å². The average molecular weight is 412 g/mol. The van der Waals surface area contributed by atoms with Crippen molar-refractivity contribution in [2.45, 2.75) is 18.9 Å². The maximum Gasteiger partial charge on any atom is 0.441 e. The summed E-state index contributed by atoms with van der Waals surface area (Å²) >= 11 is 5.60. The number of aromatic nitrogens is 1. The molecule has 144 valence electrons. The molecule has 1 amide bonds. The number of carbonyl (C=O) groups is 1. The predicted octanol–water partition coefficient (Wildman–Crippen LogP) is 3.44. The minimum absolute atomic E-state index is 0.0622. The highest BCUT2D eigenvalue weighted by Gasteiger charge is 2.27. The zero-order chi connectivity index (χ0) is 19.6. The minimum atomic E-state index is -4.30. The van der Waals surface area contributed by atoms with Crippen LogP contribution in [0.2, 0.25) is 0 Å². The van der Waals surface area contributed by atoms with E-state index in [0.29, 0.717) is 0 Å². The Morgan fingerprint density at radius 3 is 2.81 bits per heavy atom. The molecule has 0 atom stereocenters. The maximum absolute atomic E-state index is 12.1. The fourth-order valence-corrected chi connectivity index (χ4v) is 2.47. The molecule has 6 nitrogen and oxygen atoms in total. The molecular weight excluding hydrogens is 393 g/mol. The lowest BCUT2D eigenvalue weighted by molar-refractivity contribution is -0.497. The van der Waals surface area contributed by atoms with Crippen molar-refractivity contribution in [3.05, 3.63) is 36.4 Å². The van der Waals surface area contributed by atoms with Crippen LogP contribution in [0.5, 0.6) is 0 Å². The van der Waals surface area contributed by atoms with E-state index in [1.54, 1.807) is 36.8 Å². The number of halogens is 4. The fraction of sp³-hybridized carbons (Fsp3) is 0.400. The lowest BCUT2D eigenvalue weighted by atomic mass is 10.4. The molecule has 1 heterocycles. The summed E-state index contributed by atoms with van der Waals surface area (Å²) < 4.78 is 41.1. The van der Waals surface area contributed by atoms with Gasteiger partial charge in [0.1, 0.15) is 17.1 Å². The molecule has 0 saturated carbocycles. The van der Waals surface area contributed by atoms with Gasteiger partial charge in [-0.1, -0.05) is 23.4 Å². The molecule has 0 aliphatic rings. The molecule has 11 heteroatoms. The average Bonchev–Trinajstić information content (AvgIpc) is 2.57. The number of nitrogens with zero attached hydrogens (tertiary/aromatic N) is 2. The van der Waals surface area contributed by atoms with Crippen molar-refractivity contribution in [3.63, 3.8) is 0 Å². The Morgan fingerprint density at radius 1 is 1.54 bits per heavy atom. The van der Waals surface area contributed by atoms with Gasteiger partial charge in [0.05, 0.1) is 12.8 Å². The number of nitrogens with one attached hydrogen (secondary N) is 1. The molecular formula is C15H19ClF3N4O2S+. The second-order valence-corrected chi connectivity index (χ2v) is 6.36. The van der Waals surface area contributed by atoms with Crippen LogP contribution in [0.25, 0.3) is 0 Å². The number of quaternary nitrogens is 1. The molecule has 1 aromatic heterocycles. The Balaban J connectivity index is 2.63. The summed E-state index contributed by atoms with van der Waals surface area (Å²) in [7, 11) is 0. The van der Waals surface area contributed by atoms with Gasteiger partial charge in [0.2, 0.25) is 0 Å². The van der Waals surface area contributed by atoms with Crippen molar-refractivity contribution in [2.75, 3.05) is 18.9 Å². The largest absolute Gasteiger partial charge is 0.449 e. The molecule has 1 aromatic rings. The van der Waals surface area contributed by atoms with E-state index in [4.69, 9.17) is 21.7 Å². The summed E-state index contributed by atoms with van der Waals surface area (Å²) in [6.07, 6.45) is 3.97. The van der Waals surface area contributed by atoms with Crippen molar-refractivity contribution in [2.24, 2.45) is 0 Å². The van der Waals surface area contributed by atoms with Crippen molar-refractivity contribution >= 4 is 40.3 Å². The van der Waals surface area contributed by atoms with Gasteiger partial charge in [0, 0.05) is 24.6 Å². The zero-order valence-corrected chi connectivity index (χ0v) is 15.5. The van der Waals surface area contributed by atoms with Crippen LogP contribution in [0, 0.1) is 5.41 Å². The lowest BCUT2D eigenvalue weighted by Crippen LogP contribution is -2.72. The smallest absolute Gasteiger partial charge is 0.441 e. The molecule has 0 unspecified atom stereocenters. The highest BCUT2D eigenvalue weighted by molar-refractivity contribution is 8.00. The monoisotopic (exact) mass is 411 g/mol. The first-order chi connectivity index (χ1) is 12.2. The number of thioether (sulfide) groups is 1. The SMILES string of the molecule is CCN(C(=O)OCCCSC(F)(F)F)/C(=C/[NH2+]c1cccnc1)C(=N)Cl. The predicted molar refractivity (Wildman–Crippen MR) is 94.3 cm³/mol. The van der Waals surface area contributed by atoms with Crippen molar-refractivity contribution < 1.29 is 28.0 Å². The van der Waals surface area contributed by atoms with Gasteiger partial charge in [-0.25, -0.2) is 4.79 Å². The van der Waals surface area contributed by atoms with Crippen LogP contribution in [0.15, 0.2) is 36.4 Å². The van der Waals surface area contributed by atoms with Crippen LogP contribution < -0.4 is 5.32 Å². The van der Waals surface area contributed by atoms with Crippen LogP contribution >= 0.6 is 23.4 Å². The van der Waals surface area contributed by atoms with E-state index >= 15 is 0 Å². The molecule has 0 bridgehead atoms. The summed E-state index contributed by atoms with van der Waals surface area (Å²) in [5.41, 5.74) is -3.44. The van der Waals surface area contributed by atoms with Gasteiger partial charge in [-0.3, -0.25) is 20.6 Å². The van der Waals surface area contributed by atoms with Crippen LogP contribution in [0.1, 0.15) is 13.3 Å². The Morgan fingerprint density at radius 2 is 2.27 bits per heavy atom. The molecule has 0 aromatic carbocycles. The van der Waals surface area contributed by atoms with Crippen LogP contribution in [-0.4, -0.2) is 45.6 Å².